The lowest BCUT2D eigenvalue weighted by Gasteiger charge is -2.23. The summed E-state index contributed by atoms with van der Waals surface area (Å²) < 4.78 is 5.61. The van der Waals surface area contributed by atoms with Crippen LogP contribution in [0.2, 0.25) is 5.02 Å². The SMILES string of the molecule is O=C(Nc1ccc(N2CCCN(C(=O)COc3ccc(Cl)cc3)CC2)nc1)C1CCCCC1. The quantitative estimate of drug-likeness (QED) is 0.678. The summed E-state index contributed by atoms with van der Waals surface area (Å²) in [7, 11) is 0. The highest BCUT2D eigenvalue weighted by molar-refractivity contribution is 6.30. The first-order valence-corrected chi connectivity index (χ1v) is 12.1. The van der Waals surface area contributed by atoms with Gasteiger partial charge in [-0.25, -0.2) is 4.98 Å². The summed E-state index contributed by atoms with van der Waals surface area (Å²) in [6.45, 7) is 2.84. The van der Waals surface area contributed by atoms with Crippen molar-refractivity contribution in [1.82, 2.24) is 9.88 Å². The number of benzene rings is 1. The second-order valence-electron chi connectivity index (χ2n) is 8.69. The van der Waals surface area contributed by atoms with Crippen molar-refractivity contribution in [3.8, 4) is 5.75 Å². The Hall–Kier alpha value is -2.80. The first-order chi connectivity index (χ1) is 16.1. The molecular formula is C25H31ClN4O3. The second kappa shape index (κ2) is 11.4. The summed E-state index contributed by atoms with van der Waals surface area (Å²) in [6, 6.07) is 10.9. The molecular weight excluding hydrogens is 440 g/mol. The number of anilines is 2. The number of aromatic nitrogens is 1. The van der Waals surface area contributed by atoms with Gasteiger partial charge in [-0.15, -0.1) is 0 Å². The molecule has 0 unspecified atom stereocenters. The van der Waals surface area contributed by atoms with Crippen molar-refractivity contribution in [2.45, 2.75) is 38.5 Å². The molecule has 0 spiro atoms. The number of pyridine rings is 1. The Morgan fingerprint density at radius 2 is 1.76 bits per heavy atom. The van der Waals surface area contributed by atoms with Gasteiger partial charge in [0.15, 0.2) is 6.61 Å². The zero-order chi connectivity index (χ0) is 23.0. The molecule has 1 saturated carbocycles. The number of carbonyl (C=O) groups is 2. The third-order valence-corrected chi connectivity index (χ3v) is 6.59. The molecule has 33 heavy (non-hydrogen) atoms. The molecule has 7 nitrogen and oxygen atoms in total. The van der Waals surface area contributed by atoms with Gasteiger partial charge in [0.05, 0.1) is 11.9 Å². The molecule has 1 aliphatic heterocycles. The Morgan fingerprint density at radius 3 is 2.48 bits per heavy atom. The van der Waals surface area contributed by atoms with Crippen LogP contribution in [0.15, 0.2) is 42.6 Å². The fourth-order valence-electron chi connectivity index (χ4n) is 4.42. The van der Waals surface area contributed by atoms with E-state index >= 15 is 0 Å². The Bertz CT molecular complexity index is 930. The summed E-state index contributed by atoms with van der Waals surface area (Å²) in [5.74, 6) is 1.69. The maximum absolute atomic E-state index is 12.6. The van der Waals surface area contributed by atoms with Crippen molar-refractivity contribution in [3.05, 3.63) is 47.6 Å². The molecule has 2 amide bonds. The van der Waals surface area contributed by atoms with Crippen molar-refractivity contribution < 1.29 is 14.3 Å². The molecule has 1 saturated heterocycles. The Kier molecular flexibility index (Phi) is 8.05. The fourth-order valence-corrected chi connectivity index (χ4v) is 4.55. The largest absolute Gasteiger partial charge is 0.484 e. The third kappa shape index (κ3) is 6.60. The first-order valence-electron chi connectivity index (χ1n) is 11.8. The number of carbonyl (C=O) groups excluding carboxylic acids is 2. The number of nitrogens with zero attached hydrogens (tertiary/aromatic N) is 3. The number of amides is 2. The van der Waals surface area contributed by atoms with E-state index < -0.39 is 0 Å². The topological polar surface area (TPSA) is 74.8 Å². The van der Waals surface area contributed by atoms with E-state index in [1.54, 1.807) is 30.5 Å². The minimum absolute atomic E-state index is 0.00920. The van der Waals surface area contributed by atoms with Crippen LogP contribution >= 0.6 is 11.6 Å². The standard InChI is InChI=1S/C25H31ClN4O3/c26-20-7-10-22(11-8-20)33-18-24(31)30-14-4-13-29(15-16-30)23-12-9-21(17-27-23)28-25(32)19-5-2-1-3-6-19/h7-12,17,19H,1-6,13-16,18H2,(H,28,32). The van der Waals surface area contributed by atoms with Crippen molar-refractivity contribution in [1.29, 1.82) is 0 Å². The molecule has 1 aliphatic carbocycles. The van der Waals surface area contributed by atoms with Gasteiger partial charge < -0.3 is 19.9 Å². The van der Waals surface area contributed by atoms with Crippen LogP contribution in [0.3, 0.4) is 0 Å². The van der Waals surface area contributed by atoms with E-state index in [1.165, 1.54) is 6.42 Å². The lowest BCUT2D eigenvalue weighted by atomic mass is 9.88. The van der Waals surface area contributed by atoms with Gasteiger partial charge >= 0.3 is 0 Å². The van der Waals surface area contributed by atoms with Crippen LogP contribution in [0.5, 0.6) is 5.75 Å². The minimum atomic E-state index is -0.0273. The average Bonchev–Trinajstić information content (AvgIpc) is 3.11. The van der Waals surface area contributed by atoms with E-state index in [1.807, 2.05) is 17.0 Å². The highest BCUT2D eigenvalue weighted by Gasteiger charge is 2.22. The molecule has 0 atom stereocenters. The van der Waals surface area contributed by atoms with E-state index in [0.717, 1.165) is 50.2 Å². The van der Waals surface area contributed by atoms with E-state index in [4.69, 9.17) is 16.3 Å². The number of ether oxygens (including phenoxy) is 1. The van der Waals surface area contributed by atoms with Gasteiger partial charge in [0, 0.05) is 37.1 Å². The molecule has 0 radical (unpaired) electrons. The number of rotatable bonds is 6. The summed E-state index contributed by atoms with van der Waals surface area (Å²) in [4.78, 5) is 33.7. The lowest BCUT2D eigenvalue weighted by Crippen LogP contribution is -2.38. The van der Waals surface area contributed by atoms with Gasteiger partial charge in [-0.2, -0.15) is 0 Å². The van der Waals surface area contributed by atoms with E-state index in [2.05, 4.69) is 15.2 Å². The Balaban J connectivity index is 1.26. The minimum Gasteiger partial charge on any atom is -0.484 e. The fraction of sp³-hybridized carbons (Fsp3) is 0.480. The molecule has 2 fully saturated rings. The number of nitrogens with one attached hydrogen (secondary N) is 1. The highest BCUT2D eigenvalue weighted by Crippen LogP contribution is 2.25. The van der Waals surface area contributed by atoms with Gasteiger partial charge in [-0.05, 0) is 55.7 Å². The highest BCUT2D eigenvalue weighted by atomic mass is 35.5. The summed E-state index contributed by atoms with van der Waals surface area (Å²) >= 11 is 5.88. The molecule has 2 heterocycles. The van der Waals surface area contributed by atoms with Crippen LogP contribution in [0, 0.1) is 5.92 Å². The van der Waals surface area contributed by atoms with Gasteiger partial charge in [0.25, 0.3) is 5.91 Å². The monoisotopic (exact) mass is 470 g/mol. The predicted molar refractivity (Wildman–Crippen MR) is 130 cm³/mol. The Morgan fingerprint density at radius 1 is 0.970 bits per heavy atom. The van der Waals surface area contributed by atoms with Crippen LogP contribution in [-0.2, 0) is 9.59 Å². The molecule has 2 aliphatic rings. The molecule has 0 bridgehead atoms. The zero-order valence-corrected chi connectivity index (χ0v) is 19.6. The van der Waals surface area contributed by atoms with Crippen molar-refractivity contribution in [2.24, 2.45) is 5.92 Å². The van der Waals surface area contributed by atoms with Crippen LogP contribution in [0.1, 0.15) is 38.5 Å². The average molecular weight is 471 g/mol. The van der Waals surface area contributed by atoms with Crippen LogP contribution in [0.25, 0.3) is 0 Å². The maximum Gasteiger partial charge on any atom is 0.260 e. The summed E-state index contributed by atoms with van der Waals surface area (Å²) in [6.07, 6.45) is 8.04. The molecule has 1 aromatic heterocycles. The number of hydrogen-bond donors (Lipinski definition) is 1. The molecule has 1 N–H and O–H groups in total. The van der Waals surface area contributed by atoms with E-state index in [-0.39, 0.29) is 24.3 Å². The van der Waals surface area contributed by atoms with Crippen LogP contribution in [0.4, 0.5) is 11.5 Å². The molecule has 8 heteroatoms. The molecule has 4 rings (SSSR count). The van der Waals surface area contributed by atoms with E-state index in [9.17, 15) is 9.59 Å². The molecule has 2 aromatic rings. The predicted octanol–water partition coefficient (Wildman–Crippen LogP) is 4.37. The smallest absolute Gasteiger partial charge is 0.260 e. The van der Waals surface area contributed by atoms with Crippen molar-refractivity contribution >= 4 is 34.9 Å². The van der Waals surface area contributed by atoms with E-state index in [0.29, 0.717) is 30.4 Å². The normalized spacial score (nSPS) is 17.4. The third-order valence-electron chi connectivity index (χ3n) is 6.34. The van der Waals surface area contributed by atoms with Crippen molar-refractivity contribution in [3.63, 3.8) is 0 Å². The van der Waals surface area contributed by atoms with Crippen molar-refractivity contribution in [2.75, 3.05) is 43.0 Å². The lowest BCUT2D eigenvalue weighted by molar-refractivity contribution is -0.133. The summed E-state index contributed by atoms with van der Waals surface area (Å²) in [5, 5.41) is 3.65. The van der Waals surface area contributed by atoms with Gasteiger partial charge in [-0.3, -0.25) is 9.59 Å². The van der Waals surface area contributed by atoms with Crippen LogP contribution < -0.4 is 15.0 Å². The first kappa shape index (κ1) is 23.4. The second-order valence-corrected chi connectivity index (χ2v) is 9.13. The van der Waals surface area contributed by atoms with Gasteiger partial charge in [0.1, 0.15) is 11.6 Å². The van der Waals surface area contributed by atoms with Crippen LogP contribution in [-0.4, -0.2) is 54.5 Å². The summed E-state index contributed by atoms with van der Waals surface area (Å²) in [5.41, 5.74) is 0.736. The zero-order valence-electron chi connectivity index (χ0n) is 18.8. The van der Waals surface area contributed by atoms with Gasteiger partial charge in [0.2, 0.25) is 5.91 Å². The number of hydrogen-bond acceptors (Lipinski definition) is 5. The number of halogens is 1. The molecule has 176 valence electrons. The van der Waals surface area contributed by atoms with Gasteiger partial charge in [-0.1, -0.05) is 30.9 Å². The Labute approximate surface area is 200 Å². The maximum atomic E-state index is 12.6. The molecule has 1 aromatic carbocycles.